The Morgan fingerprint density at radius 2 is 1.72 bits per heavy atom. The average molecular weight is 397 g/mol. The number of ether oxygens (including phenoxy) is 3. The van der Waals surface area contributed by atoms with Crippen molar-refractivity contribution in [3.63, 3.8) is 0 Å². The zero-order chi connectivity index (χ0) is 21.0. The van der Waals surface area contributed by atoms with Gasteiger partial charge in [-0.1, -0.05) is 12.1 Å². The van der Waals surface area contributed by atoms with Crippen molar-refractivity contribution in [1.29, 1.82) is 0 Å². The van der Waals surface area contributed by atoms with Crippen LogP contribution in [0.5, 0.6) is 17.2 Å². The number of carbonyl (C=O) groups is 2. The fourth-order valence-corrected chi connectivity index (χ4v) is 3.23. The number of anilines is 1. The molecule has 0 aliphatic carbocycles. The summed E-state index contributed by atoms with van der Waals surface area (Å²) in [5.41, 5.74) is 1.91. The molecule has 3 amide bonds. The highest BCUT2D eigenvalue weighted by atomic mass is 16.5. The first-order chi connectivity index (χ1) is 14.0. The lowest BCUT2D eigenvalue weighted by atomic mass is 9.93. The molecule has 0 unspecified atom stereocenters. The molecule has 29 heavy (non-hydrogen) atoms. The van der Waals surface area contributed by atoms with Gasteiger partial charge in [-0.2, -0.15) is 0 Å². The smallest absolute Gasteiger partial charge is 0.319 e. The summed E-state index contributed by atoms with van der Waals surface area (Å²) < 4.78 is 16.1. The second-order valence-electron chi connectivity index (χ2n) is 6.33. The van der Waals surface area contributed by atoms with Crippen LogP contribution in [0.4, 0.5) is 10.5 Å². The Bertz CT molecular complexity index is 971. The SMILES string of the molecule is COc1ccc(OC)c([C@H]2NC(=O)NC(C)=C2C(=O)Nc2ccccc2OC)c1. The Morgan fingerprint density at radius 3 is 2.41 bits per heavy atom. The molecule has 3 N–H and O–H groups in total. The van der Waals surface area contributed by atoms with Gasteiger partial charge in [0, 0.05) is 11.3 Å². The van der Waals surface area contributed by atoms with E-state index < -0.39 is 12.1 Å². The minimum absolute atomic E-state index is 0.349. The highest BCUT2D eigenvalue weighted by Crippen LogP contribution is 2.36. The summed E-state index contributed by atoms with van der Waals surface area (Å²) in [6.07, 6.45) is 0. The molecular weight excluding hydrogens is 374 g/mol. The Hall–Kier alpha value is -3.68. The topological polar surface area (TPSA) is 97.9 Å². The van der Waals surface area contributed by atoms with E-state index in [2.05, 4.69) is 16.0 Å². The van der Waals surface area contributed by atoms with Crippen LogP contribution in [-0.2, 0) is 4.79 Å². The van der Waals surface area contributed by atoms with Gasteiger partial charge in [0.15, 0.2) is 0 Å². The number of allylic oxidation sites excluding steroid dienone is 1. The number of rotatable bonds is 6. The number of nitrogens with one attached hydrogen (secondary N) is 3. The Morgan fingerprint density at radius 1 is 1.00 bits per heavy atom. The summed E-state index contributed by atoms with van der Waals surface area (Å²) in [7, 11) is 4.60. The number of urea groups is 1. The molecule has 2 aromatic carbocycles. The number of hydrogen-bond acceptors (Lipinski definition) is 5. The maximum absolute atomic E-state index is 13.2. The van der Waals surface area contributed by atoms with Crippen molar-refractivity contribution >= 4 is 17.6 Å². The van der Waals surface area contributed by atoms with Crippen molar-refractivity contribution in [2.75, 3.05) is 26.6 Å². The second-order valence-corrected chi connectivity index (χ2v) is 6.33. The van der Waals surface area contributed by atoms with Crippen LogP contribution in [0.3, 0.4) is 0 Å². The van der Waals surface area contributed by atoms with Crippen LogP contribution in [0.15, 0.2) is 53.7 Å². The number of benzene rings is 2. The summed E-state index contributed by atoms with van der Waals surface area (Å²) >= 11 is 0. The van der Waals surface area contributed by atoms with Gasteiger partial charge in [0.25, 0.3) is 5.91 Å². The standard InChI is InChI=1S/C21H23N3O5/c1-12-18(20(25)23-15-7-5-6-8-17(15)29-4)19(24-21(26)22-12)14-11-13(27-2)9-10-16(14)28-3/h5-11,19H,1-4H3,(H,23,25)(H2,22,24,26)/t19-/m1/s1. The van der Waals surface area contributed by atoms with Gasteiger partial charge in [0.2, 0.25) is 0 Å². The molecule has 1 aliphatic heterocycles. The molecule has 1 atom stereocenters. The van der Waals surface area contributed by atoms with Crippen LogP contribution in [0, 0.1) is 0 Å². The number of para-hydroxylation sites is 2. The van der Waals surface area contributed by atoms with Gasteiger partial charge in [-0.3, -0.25) is 4.79 Å². The van der Waals surface area contributed by atoms with E-state index in [1.54, 1.807) is 50.4 Å². The summed E-state index contributed by atoms with van der Waals surface area (Å²) in [6, 6.07) is 11.2. The molecule has 1 aliphatic rings. The minimum Gasteiger partial charge on any atom is -0.497 e. The summed E-state index contributed by atoms with van der Waals surface area (Å²) in [5.74, 6) is 1.25. The highest BCUT2D eigenvalue weighted by molar-refractivity contribution is 6.07. The van der Waals surface area contributed by atoms with Crippen molar-refractivity contribution in [2.24, 2.45) is 0 Å². The lowest BCUT2D eigenvalue weighted by Gasteiger charge is -2.29. The van der Waals surface area contributed by atoms with Crippen LogP contribution in [0.1, 0.15) is 18.5 Å². The van der Waals surface area contributed by atoms with Crippen LogP contribution >= 0.6 is 0 Å². The first-order valence-electron chi connectivity index (χ1n) is 8.93. The normalized spacial score (nSPS) is 15.9. The van der Waals surface area contributed by atoms with E-state index in [4.69, 9.17) is 14.2 Å². The van der Waals surface area contributed by atoms with E-state index in [-0.39, 0.29) is 5.91 Å². The molecule has 0 saturated heterocycles. The molecule has 0 fully saturated rings. The zero-order valence-corrected chi connectivity index (χ0v) is 16.7. The third kappa shape index (κ3) is 4.11. The van der Waals surface area contributed by atoms with E-state index >= 15 is 0 Å². The van der Waals surface area contributed by atoms with Crippen LogP contribution in [0.2, 0.25) is 0 Å². The monoisotopic (exact) mass is 397 g/mol. The van der Waals surface area contributed by atoms with Crippen LogP contribution in [0.25, 0.3) is 0 Å². The fourth-order valence-electron chi connectivity index (χ4n) is 3.23. The molecule has 0 aromatic heterocycles. The van der Waals surface area contributed by atoms with Gasteiger partial charge < -0.3 is 30.2 Å². The second kappa shape index (κ2) is 8.55. The molecule has 1 heterocycles. The molecule has 0 saturated carbocycles. The van der Waals surface area contributed by atoms with Gasteiger partial charge in [0.05, 0.1) is 38.6 Å². The van der Waals surface area contributed by atoms with Crippen molar-refractivity contribution < 1.29 is 23.8 Å². The van der Waals surface area contributed by atoms with E-state index in [0.29, 0.717) is 39.8 Å². The highest BCUT2D eigenvalue weighted by Gasteiger charge is 2.33. The summed E-state index contributed by atoms with van der Waals surface area (Å²) in [5, 5.41) is 8.31. The number of hydrogen-bond donors (Lipinski definition) is 3. The van der Waals surface area contributed by atoms with E-state index in [1.165, 1.54) is 14.2 Å². The predicted octanol–water partition coefficient (Wildman–Crippen LogP) is 2.98. The zero-order valence-electron chi connectivity index (χ0n) is 16.7. The van der Waals surface area contributed by atoms with Crippen molar-refractivity contribution in [3.05, 3.63) is 59.3 Å². The predicted molar refractivity (Wildman–Crippen MR) is 108 cm³/mol. The van der Waals surface area contributed by atoms with Crippen LogP contribution < -0.4 is 30.2 Å². The maximum Gasteiger partial charge on any atom is 0.319 e. The molecule has 0 bridgehead atoms. The molecule has 8 heteroatoms. The van der Waals surface area contributed by atoms with Gasteiger partial charge in [-0.05, 0) is 37.3 Å². The van der Waals surface area contributed by atoms with Crippen LogP contribution in [-0.4, -0.2) is 33.3 Å². The maximum atomic E-state index is 13.2. The van der Waals surface area contributed by atoms with Gasteiger partial charge in [-0.25, -0.2) is 4.79 Å². The third-order valence-electron chi connectivity index (χ3n) is 4.62. The quantitative estimate of drug-likeness (QED) is 0.696. The average Bonchev–Trinajstić information content (AvgIpc) is 2.72. The summed E-state index contributed by atoms with van der Waals surface area (Å²) in [6.45, 7) is 1.68. The Balaban J connectivity index is 2.04. The number of amides is 3. The van der Waals surface area contributed by atoms with Crippen molar-refractivity contribution in [3.8, 4) is 17.2 Å². The molecule has 8 nitrogen and oxygen atoms in total. The largest absolute Gasteiger partial charge is 0.497 e. The van der Waals surface area contributed by atoms with E-state index in [1.807, 2.05) is 6.07 Å². The van der Waals surface area contributed by atoms with Gasteiger partial charge in [0.1, 0.15) is 17.2 Å². The first kappa shape index (κ1) is 20.1. The lowest BCUT2D eigenvalue weighted by Crippen LogP contribution is -2.46. The molecule has 0 radical (unpaired) electrons. The molecule has 2 aromatic rings. The minimum atomic E-state index is -0.733. The van der Waals surface area contributed by atoms with Crippen molar-refractivity contribution in [2.45, 2.75) is 13.0 Å². The molecular formula is C21H23N3O5. The van der Waals surface area contributed by atoms with Gasteiger partial charge >= 0.3 is 6.03 Å². The lowest BCUT2D eigenvalue weighted by molar-refractivity contribution is -0.113. The summed E-state index contributed by atoms with van der Waals surface area (Å²) in [4.78, 5) is 25.4. The number of methoxy groups -OCH3 is 3. The van der Waals surface area contributed by atoms with E-state index in [9.17, 15) is 9.59 Å². The molecule has 3 rings (SSSR count). The van der Waals surface area contributed by atoms with Crippen molar-refractivity contribution in [1.82, 2.24) is 10.6 Å². The number of carbonyl (C=O) groups excluding carboxylic acids is 2. The fraction of sp³-hybridized carbons (Fsp3) is 0.238. The Labute approximate surface area is 168 Å². The van der Waals surface area contributed by atoms with E-state index in [0.717, 1.165) is 0 Å². The first-order valence-corrected chi connectivity index (χ1v) is 8.93. The van der Waals surface area contributed by atoms with Gasteiger partial charge in [-0.15, -0.1) is 0 Å². The Kier molecular flexibility index (Phi) is 5.92. The third-order valence-corrected chi connectivity index (χ3v) is 4.62. The molecule has 152 valence electrons. The molecule has 0 spiro atoms.